The molecule has 5 fully saturated rings. The summed E-state index contributed by atoms with van der Waals surface area (Å²) in [6.45, 7) is 4.82. The van der Waals surface area contributed by atoms with E-state index in [2.05, 4.69) is 13.8 Å². The van der Waals surface area contributed by atoms with E-state index in [9.17, 15) is 20.4 Å². The third-order valence-corrected chi connectivity index (χ3v) is 9.66. The molecule has 0 spiro atoms. The van der Waals surface area contributed by atoms with Crippen LogP contribution in [0.1, 0.15) is 52.4 Å². The largest absolute Gasteiger partial charge is 0.390 e. The van der Waals surface area contributed by atoms with Crippen LogP contribution in [-0.2, 0) is 0 Å². The van der Waals surface area contributed by atoms with E-state index in [1.54, 1.807) is 0 Å². The summed E-state index contributed by atoms with van der Waals surface area (Å²) in [6, 6.07) is 0. The first-order valence-electron chi connectivity index (χ1n) is 10.4. The van der Waals surface area contributed by atoms with Gasteiger partial charge in [0.1, 0.15) is 0 Å². The Hall–Kier alpha value is -0.680. The van der Waals surface area contributed by atoms with Crippen molar-refractivity contribution in [2.45, 2.75) is 76.8 Å². The van der Waals surface area contributed by atoms with E-state index < -0.39 is 24.4 Å². The van der Waals surface area contributed by atoms with Gasteiger partial charge >= 0.3 is 0 Å². The van der Waals surface area contributed by atoms with Crippen LogP contribution in [0.5, 0.6) is 0 Å². The molecule has 7 aliphatic rings. The monoisotopic (exact) mass is 358 g/mol. The number of rotatable bonds is 0. The molecule has 5 saturated carbocycles. The second kappa shape index (κ2) is 4.65. The lowest BCUT2D eigenvalue weighted by Gasteiger charge is -2.35. The standard InChI is InChI=1S/C22H30O4/c1-21-5-9-6-22(21,2)8-10(7-21)15-13-3-12-16(19(25)20(26)17(12)15)11(9)4-14(23)18(13)24/h12-14,16-20,23-26H,3-8H2,1-2H3. The van der Waals surface area contributed by atoms with Crippen molar-refractivity contribution in [1.82, 2.24) is 0 Å². The molecule has 0 saturated heterocycles. The Labute approximate surface area is 154 Å². The SMILES string of the molecule is CC12CC3=C4CC(O)C(O)C5CC6C4C(O)C(O)C6C5=C(C1)CC2(C)C3. The van der Waals surface area contributed by atoms with Gasteiger partial charge in [-0.3, -0.25) is 0 Å². The summed E-state index contributed by atoms with van der Waals surface area (Å²) in [6.07, 6.45) is 2.45. The third kappa shape index (κ3) is 1.63. The van der Waals surface area contributed by atoms with Crippen LogP contribution < -0.4 is 0 Å². The molecule has 7 rings (SSSR count). The van der Waals surface area contributed by atoms with Gasteiger partial charge in [0.15, 0.2) is 0 Å². The van der Waals surface area contributed by atoms with Gasteiger partial charge in [0.2, 0.25) is 0 Å². The van der Waals surface area contributed by atoms with Crippen LogP contribution >= 0.6 is 0 Å². The van der Waals surface area contributed by atoms with Crippen LogP contribution in [0, 0.1) is 34.5 Å². The number of hydrogen-bond donors (Lipinski definition) is 4. The van der Waals surface area contributed by atoms with Gasteiger partial charge in [-0.2, -0.15) is 0 Å². The summed E-state index contributed by atoms with van der Waals surface area (Å²) in [4.78, 5) is 0. The zero-order valence-corrected chi connectivity index (χ0v) is 15.7. The molecule has 7 aliphatic carbocycles. The number of allylic oxidation sites excluding steroid dienone is 2. The first-order chi connectivity index (χ1) is 12.2. The number of fused-ring (bicyclic) bond motifs is 1. The summed E-state index contributed by atoms with van der Waals surface area (Å²) in [5, 5.41) is 43.8. The van der Waals surface area contributed by atoms with Crippen LogP contribution in [0.25, 0.3) is 0 Å². The molecule has 10 unspecified atom stereocenters. The van der Waals surface area contributed by atoms with E-state index in [4.69, 9.17) is 0 Å². The Kier molecular flexibility index (Phi) is 2.91. The topological polar surface area (TPSA) is 80.9 Å². The van der Waals surface area contributed by atoms with Gasteiger partial charge < -0.3 is 20.4 Å². The van der Waals surface area contributed by atoms with Crippen molar-refractivity contribution < 1.29 is 20.4 Å². The van der Waals surface area contributed by atoms with Gasteiger partial charge in [-0.05, 0) is 55.3 Å². The molecule has 0 aromatic heterocycles. The highest BCUT2D eigenvalue weighted by Gasteiger charge is 2.65. The van der Waals surface area contributed by atoms with Crippen LogP contribution in [0.3, 0.4) is 0 Å². The molecule has 0 amide bonds. The molecule has 4 N–H and O–H groups in total. The van der Waals surface area contributed by atoms with Crippen molar-refractivity contribution in [3.63, 3.8) is 0 Å². The Morgan fingerprint density at radius 1 is 0.769 bits per heavy atom. The molecular formula is C22H30O4. The smallest absolute Gasteiger partial charge is 0.0873 e. The summed E-state index contributed by atoms with van der Waals surface area (Å²) in [7, 11) is 0. The average molecular weight is 358 g/mol. The van der Waals surface area contributed by atoms with Crippen LogP contribution in [0.2, 0.25) is 0 Å². The van der Waals surface area contributed by atoms with Crippen LogP contribution in [0.4, 0.5) is 0 Å². The molecule has 0 aliphatic heterocycles. The molecule has 0 radical (unpaired) electrons. The number of aliphatic hydroxyl groups is 4. The van der Waals surface area contributed by atoms with E-state index in [0.29, 0.717) is 6.42 Å². The lowest BCUT2D eigenvalue weighted by molar-refractivity contribution is -0.0293. The van der Waals surface area contributed by atoms with Gasteiger partial charge in [-0.15, -0.1) is 0 Å². The van der Waals surface area contributed by atoms with E-state index in [1.165, 1.54) is 22.3 Å². The second-order valence-electron chi connectivity index (χ2n) is 10.8. The Morgan fingerprint density at radius 2 is 1.35 bits per heavy atom. The molecule has 10 atom stereocenters. The fraction of sp³-hybridized carbons (Fsp3) is 0.818. The summed E-state index contributed by atoms with van der Waals surface area (Å²) < 4.78 is 0. The zero-order valence-electron chi connectivity index (χ0n) is 15.7. The molecule has 142 valence electrons. The van der Waals surface area contributed by atoms with Crippen molar-refractivity contribution in [2.75, 3.05) is 0 Å². The minimum absolute atomic E-state index is 0.0333. The van der Waals surface area contributed by atoms with Gasteiger partial charge in [-0.25, -0.2) is 0 Å². The Bertz CT molecular complexity index is 742. The normalized spacial score (nSPS) is 59.8. The highest BCUT2D eigenvalue weighted by atomic mass is 16.3. The second-order valence-corrected chi connectivity index (χ2v) is 10.8. The lowest BCUT2D eigenvalue weighted by Crippen LogP contribution is -2.40. The van der Waals surface area contributed by atoms with Gasteiger partial charge in [0.05, 0.1) is 24.4 Å². The quantitative estimate of drug-likeness (QED) is 0.499. The minimum atomic E-state index is -0.766. The summed E-state index contributed by atoms with van der Waals surface area (Å²) in [5.74, 6) is 0.0895. The predicted molar refractivity (Wildman–Crippen MR) is 96.0 cm³/mol. The maximum atomic E-state index is 11.0. The number of hydrogen-bond acceptors (Lipinski definition) is 4. The van der Waals surface area contributed by atoms with Gasteiger partial charge in [0, 0.05) is 17.8 Å². The molecule has 4 nitrogen and oxygen atoms in total. The Balaban J connectivity index is 1.70. The molecule has 0 heterocycles. The molecular weight excluding hydrogens is 328 g/mol. The van der Waals surface area contributed by atoms with Gasteiger partial charge in [-0.1, -0.05) is 36.1 Å². The van der Waals surface area contributed by atoms with E-state index in [0.717, 1.165) is 32.1 Å². The fourth-order valence-electron chi connectivity index (χ4n) is 8.36. The maximum absolute atomic E-state index is 11.0. The van der Waals surface area contributed by atoms with Crippen LogP contribution in [0.15, 0.2) is 22.3 Å². The molecule has 0 aromatic rings. The summed E-state index contributed by atoms with van der Waals surface area (Å²) in [5.41, 5.74) is 5.69. The van der Waals surface area contributed by atoms with E-state index in [1.807, 2.05) is 0 Å². The van der Waals surface area contributed by atoms with Crippen LogP contribution in [-0.4, -0.2) is 44.8 Å². The first-order valence-corrected chi connectivity index (χ1v) is 10.4. The van der Waals surface area contributed by atoms with Crippen molar-refractivity contribution in [2.24, 2.45) is 34.5 Å². The van der Waals surface area contributed by atoms with Crippen molar-refractivity contribution in [1.29, 1.82) is 0 Å². The Morgan fingerprint density at radius 3 is 2.00 bits per heavy atom. The summed E-state index contributed by atoms with van der Waals surface area (Å²) >= 11 is 0. The van der Waals surface area contributed by atoms with Gasteiger partial charge in [0.25, 0.3) is 0 Å². The molecule has 4 heteroatoms. The van der Waals surface area contributed by atoms with Crippen molar-refractivity contribution in [3.05, 3.63) is 22.3 Å². The minimum Gasteiger partial charge on any atom is -0.390 e. The molecule has 26 heavy (non-hydrogen) atoms. The van der Waals surface area contributed by atoms with Crippen molar-refractivity contribution >= 4 is 0 Å². The van der Waals surface area contributed by atoms with Crippen molar-refractivity contribution in [3.8, 4) is 0 Å². The highest BCUT2D eigenvalue weighted by Crippen LogP contribution is 2.71. The maximum Gasteiger partial charge on any atom is 0.0873 e. The number of aliphatic hydroxyl groups excluding tert-OH is 4. The zero-order chi connectivity index (χ0) is 18.2. The molecule has 0 aromatic carbocycles. The van der Waals surface area contributed by atoms with E-state index in [-0.39, 0.29) is 34.5 Å². The molecule has 10 bridgehead atoms. The lowest BCUT2D eigenvalue weighted by atomic mass is 9.71. The highest BCUT2D eigenvalue weighted by molar-refractivity contribution is 5.44. The fourth-order valence-corrected chi connectivity index (χ4v) is 8.36. The predicted octanol–water partition coefficient (Wildman–Crippen LogP) is 1.92. The van der Waals surface area contributed by atoms with E-state index >= 15 is 0 Å². The third-order valence-electron chi connectivity index (χ3n) is 9.66. The first kappa shape index (κ1) is 16.3. The average Bonchev–Trinajstić information content (AvgIpc) is 3.19.